The summed E-state index contributed by atoms with van der Waals surface area (Å²) < 4.78 is 34.5. The van der Waals surface area contributed by atoms with Crippen molar-refractivity contribution in [3.63, 3.8) is 0 Å². The minimum atomic E-state index is -3.63. The highest BCUT2D eigenvalue weighted by Crippen LogP contribution is 2.33. The summed E-state index contributed by atoms with van der Waals surface area (Å²) >= 11 is 1.77. The van der Waals surface area contributed by atoms with E-state index in [0.29, 0.717) is 25.2 Å². The zero-order valence-electron chi connectivity index (χ0n) is 23.0. The second kappa shape index (κ2) is 11.5. The number of aryl methyl sites for hydroxylation is 2. The molecule has 210 valence electrons. The van der Waals surface area contributed by atoms with Crippen LogP contribution in [0.2, 0.25) is 0 Å². The predicted molar refractivity (Wildman–Crippen MR) is 155 cm³/mol. The third kappa shape index (κ3) is 6.12. The predicted octanol–water partition coefficient (Wildman–Crippen LogP) is 3.26. The molecule has 9 nitrogen and oxygen atoms in total. The highest BCUT2D eigenvalue weighted by Gasteiger charge is 2.32. The molecular formula is C28H37N5O4S2. The number of aromatic nitrogens is 1. The molecule has 2 aliphatic heterocycles. The number of thiazole rings is 1. The quantitative estimate of drug-likeness (QED) is 0.465. The Labute approximate surface area is 234 Å². The number of amides is 1. The number of carbonyl (C=O) groups is 1. The summed E-state index contributed by atoms with van der Waals surface area (Å²) in [6, 6.07) is 10.5. The van der Waals surface area contributed by atoms with E-state index >= 15 is 0 Å². The molecule has 1 amide bonds. The van der Waals surface area contributed by atoms with E-state index in [2.05, 4.69) is 41.1 Å². The van der Waals surface area contributed by atoms with Crippen LogP contribution < -0.4 is 10.2 Å². The standard InChI is InChI=1S/C28H37N5O4S2/c1-19-5-6-20(2)26-25(19)30-28(38-26)32-15-13-31(14-16-32)12-11-29-27(34)23-7-9-24(10-8-23)39(35,36)33-17-21(3)37-22(4)18-33/h5-10,21-22H,11-18H2,1-4H3,(H,29,34). The zero-order valence-corrected chi connectivity index (χ0v) is 24.6. The Kier molecular flexibility index (Phi) is 8.25. The third-order valence-electron chi connectivity index (χ3n) is 7.43. The number of nitrogens with zero attached hydrogens (tertiary/aromatic N) is 4. The molecule has 2 saturated heterocycles. The number of fused-ring (bicyclic) bond motifs is 1. The van der Waals surface area contributed by atoms with Crippen molar-refractivity contribution in [2.75, 3.05) is 57.3 Å². The third-order valence-corrected chi connectivity index (χ3v) is 10.5. The topological polar surface area (TPSA) is 95.1 Å². The molecule has 3 aromatic rings. The molecule has 1 aromatic heterocycles. The lowest BCUT2D eigenvalue weighted by atomic mass is 10.1. The molecule has 2 unspecified atom stereocenters. The SMILES string of the molecule is Cc1ccc(C)c2sc(N3CCN(CCNC(=O)c4ccc(S(=O)(=O)N5CC(C)OC(C)C5)cc4)CC3)nc12. The fourth-order valence-corrected chi connectivity index (χ4v) is 7.98. The lowest BCUT2D eigenvalue weighted by Gasteiger charge is -2.34. The number of ether oxygens (including phenoxy) is 1. The van der Waals surface area contributed by atoms with Crippen molar-refractivity contribution in [3.05, 3.63) is 53.1 Å². The van der Waals surface area contributed by atoms with Crippen molar-refractivity contribution >= 4 is 42.6 Å². The van der Waals surface area contributed by atoms with Gasteiger partial charge in [0, 0.05) is 57.9 Å². The van der Waals surface area contributed by atoms with Crippen molar-refractivity contribution in [2.24, 2.45) is 0 Å². The first-order valence-corrected chi connectivity index (χ1v) is 15.8. The van der Waals surface area contributed by atoms with Gasteiger partial charge < -0.3 is 15.0 Å². The maximum Gasteiger partial charge on any atom is 0.251 e. The average Bonchev–Trinajstić information content (AvgIpc) is 3.38. The normalized spacial score (nSPS) is 21.4. The van der Waals surface area contributed by atoms with E-state index in [1.165, 1.54) is 32.3 Å². The zero-order chi connectivity index (χ0) is 27.7. The van der Waals surface area contributed by atoms with Gasteiger partial charge in [0.05, 0.1) is 27.3 Å². The number of nitrogens with one attached hydrogen (secondary N) is 1. The van der Waals surface area contributed by atoms with Gasteiger partial charge in [-0.15, -0.1) is 0 Å². The first kappa shape index (κ1) is 28.0. The van der Waals surface area contributed by atoms with E-state index in [-0.39, 0.29) is 23.0 Å². The highest BCUT2D eigenvalue weighted by atomic mass is 32.2. The largest absolute Gasteiger partial charge is 0.373 e. The Morgan fingerprint density at radius 1 is 1.00 bits per heavy atom. The van der Waals surface area contributed by atoms with E-state index in [9.17, 15) is 13.2 Å². The molecular weight excluding hydrogens is 534 g/mol. The van der Waals surface area contributed by atoms with E-state index in [1.807, 2.05) is 13.8 Å². The van der Waals surface area contributed by atoms with Gasteiger partial charge in [0.15, 0.2) is 5.13 Å². The maximum atomic E-state index is 13.1. The van der Waals surface area contributed by atoms with Crippen LogP contribution in [0, 0.1) is 13.8 Å². The van der Waals surface area contributed by atoms with E-state index in [4.69, 9.17) is 9.72 Å². The lowest BCUT2D eigenvalue weighted by molar-refractivity contribution is -0.0440. The fraction of sp³-hybridized carbons (Fsp3) is 0.500. The second-order valence-electron chi connectivity index (χ2n) is 10.6. The van der Waals surface area contributed by atoms with Gasteiger partial charge >= 0.3 is 0 Å². The summed E-state index contributed by atoms with van der Waals surface area (Å²) in [5.41, 5.74) is 4.04. The number of hydrogen-bond acceptors (Lipinski definition) is 8. The Hall–Kier alpha value is -2.57. The van der Waals surface area contributed by atoms with Gasteiger partial charge in [0.2, 0.25) is 10.0 Å². The first-order chi connectivity index (χ1) is 18.6. The Morgan fingerprint density at radius 3 is 2.28 bits per heavy atom. The summed E-state index contributed by atoms with van der Waals surface area (Å²) in [5, 5.41) is 4.05. The van der Waals surface area contributed by atoms with Crippen molar-refractivity contribution in [1.29, 1.82) is 0 Å². The summed E-state index contributed by atoms with van der Waals surface area (Å²) in [6.45, 7) is 13.6. The molecule has 0 aliphatic carbocycles. The van der Waals surface area contributed by atoms with Crippen molar-refractivity contribution in [3.8, 4) is 0 Å². The molecule has 39 heavy (non-hydrogen) atoms. The van der Waals surface area contributed by atoms with Crippen molar-refractivity contribution in [2.45, 2.75) is 44.8 Å². The number of anilines is 1. The number of sulfonamides is 1. The van der Waals surface area contributed by atoms with Crippen LogP contribution in [-0.4, -0.2) is 93.1 Å². The molecule has 2 aromatic carbocycles. The van der Waals surface area contributed by atoms with Gasteiger partial charge in [-0.25, -0.2) is 13.4 Å². The Balaban J connectivity index is 1.10. The first-order valence-electron chi connectivity index (χ1n) is 13.5. The number of carbonyl (C=O) groups excluding carboxylic acids is 1. The van der Waals surface area contributed by atoms with Gasteiger partial charge in [-0.05, 0) is 63.1 Å². The molecule has 2 atom stereocenters. The van der Waals surface area contributed by atoms with E-state index in [0.717, 1.165) is 43.4 Å². The molecule has 5 rings (SSSR count). The van der Waals surface area contributed by atoms with Crippen molar-refractivity contribution < 1.29 is 17.9 Å². The van der Waals surface area contributed by atoms with Crippen LogP contribution in [0.5, 0.6) is 0 Å². The van der Waals surface area contributed by atoms with Gasteiger partial charge in [-0.2, -0.15) is 4.31 Å². The molecule has 1 N–H and O–H groups in total. The van der Waals surface area contributed by atoms with E-state index in [1.54, 1.807) is 23.5 Å². The molecule has 0 saturated carbocycles. The van der Waals surface area contributed by atoms with Gasteiger partial charge in [0.1, 0.15) is 0 Å². The Morgan fingerprint density at radius 2 is 1.64 bits per heavy atom. The number of piperazine rings is 1. The summed E-state index contributed by atoms with van der Waals surface area (Å²) in [5.74, 6) is -0.202. The van der Waals surface area contributed by atoms with Crippen LogP contribution in [0.4, 0.5) is 5.13 Å². The highest BCUT2D eigenvalue weighted by molar-refractivity contribution is 7.89. The number of rotatable bonds is 7. The van der Waals surface area contributed by atoms with Crippen molar-refractivity contribution in [1.82, 2.24) is 19.5 Å². The minimum Gasteiger partial charge on any atom is -0.373 e. The molecule has 11 heteroatoms. The smallest absolute Gasteiger partial charge is 0.251 e. The van der Waals surface area contributed by atoms with Gasteiger partial charge in [-0.1, -0.05) is 23.5 Å². The summed E-state index contributed by atoms with van der Waals surface area (Å²) in [7, 11) is -3.63. The van der Waals surface area contributed by atoms with Crippen LogP contribution in [-0.2, 0) is 14.8 Å². The maximum absolute atomic E-state index is 13.1. The van der Waals surface area contributed by atoms with E-state index < -0.39 is 10.0 Å². The molecule has 3 heterocycles. The Bertz CT molecular complexity index is 1380. The summed E-state index contributed by atoms with van der Waals surface area (Å²) in [6.07, 6.45) is -0.310. The van der Waals surface area contributed by atoms with Gasteiger partial charge in [0.25, 0.3) is 5.91 Å². The molecule has 0 radical (unpaired) electrons. The summed E-state index contributed by atoms with van der Waals surface area (Å²) in [4.78, 5) is 22.5. The molecule has 2 fully saturated rings. The molecule has 2 aliphatic rings. The average molecular weight is 572 g/mol. The van der Waals surface area contributed by atoms with Crippen LogP contribution in [0.15, 0.2) is 41.3 Å². The van der Waals surface area contributed by atoms with Crippen LogP contribution in [0.25, 0.3) is 10.2 Å². The van der Waals surface area contributed by atoms with Crippen LogP contribution in [0.3, 0.4) is 0 Å². The number of benzene rings is 2. The molecule has 0 bridgehead atoms. The second-order valence-corrected chi connectivity index (χ2v) is 13.5. The van der Waals surface area contributed by atoms with Crippen LogP contribution >= 0.6 is 11.3 Å². The molecule has 0 spiro atoms. The minimum absolute atomic E-state index is 0.155. The number of hydrogen-bond donors (Lipinski definition) is 1. The van der Waals surface area contributed by atoms with Crippen LogP contribution in [0.1, 0.15) is 35.3 Å². The number of morpholine rings is 1. The lowest BCUT2D eigenvalue weighted by Crippen LogP contribution is -2.48. The van der Waals surface area contributed by atoms with Gasteiger partial charge in [-0.3, -0.25) is 9.69 Å². The fourth-order valence-electron chi connectivity index (χ4n) is 5.23. The monoisotopic (exact) mass is 571 g/mol.